The second-order valence-corrected chi connectivity index (χ2v) is 4.84. The molecular weight excluding hydrogens is 226 g/mol. The van der Waals surface area contributed by atoms with Gasteiger partial charge in [0.2, 0.25) is 5.91 Å². The molecule has 0 unspecified atom stereocenters. The highest BCUT2D eigenvalue weighted by molar-refractivity contribution is 5.89. The molecule has 1 rings (SSSR count). The lowest BCUT2D eigenvalue weighted by Gasteiger charge is -2.09. The van der Waals surface area contributed by atoms with E-state index in [1.165, 1.54) is 0 Å². The lowest BCUT2D eigenvalue weighted by atomic mass is 10.1. The molecule has 0 aliphatic carbocycles. The summed E-state index contributed by atoms with van der Waals surface area (Å²) in [6.07, 6.45) is 4.27. The van der Waals surface area contributed by atoms with Crippen LogP contribution in [0.2, 0.25) is 0 Å². The van der Waals surface area contributed by atoms with E-state index in [-0.39, 0.29) is 5.91 Å². The van der Waals surface area contributed by atoms with Crippen LogP contribution in [0.5, 0.6) is 0 Å². The molecular formula is C14H23N3O. The molecule has 18 heavy (non-hydrogen) atoms. The summed E-state index contributed by atoms with van der Waals surface area (Å²) in [5, 5.41) is 6.07. The average Bonchev–Trinajstić information content (AvgIpc) is 2.31. The second-order valence-electron chi connectivity index (χ2n) is 4.84. The molecule has 1 amide bonds. The number of pyridine rings is 1. The predicted molar refractivity (Wildman–Crippen MR) is 75.7 cm³/mol. The first kappa shape index (κ1) is 14.5. The van der Waals surface area contributed by atoms with Gasteiger partial charge in [0, 0.05) is 13.0 Å². The number of nitrogens with one attached hydrogen (secondary N) is 2. The highest BCUT2D eigenvalue weighted by atomic mass is 16.1. The first-order valence-electron chi connectivity index (χ1n) is 6.61. The fourth-order valence-electron chi connectivity index (χ4n) is 1.51. The fourth-order valence-corrected chi connectivity index (χ4v) is 1.51. The number of anilines is 2. The summed E-state index contributed by atoms with van der Waals surface area (Å²) < 4.78 is 0. The van der Waals surface area contributed by atoms with Crippen molar-refractivity contribution in [1.29, 1.82) is 0 Å². The normalized spacial score (nSPS) is 10.4. The van der Waals surface area contributed by atoms with E-state index < -0.39 is 0 Å². The molecule has 1 heterocycles. The van der Waals surface area contributed by atoms with Crippen LogP contribution in [0.1, 0.15) is 40.0 Å². The van der Waals surface area contributed by atoms with Gasteiger partial charge in [0.15, 0.2) is 0 Å². The van der Waals surface area contributed by atoms with E-state index in [0.717, 1.165) is 25.1 Å². The third-order valence-electron chi connectivity index (χ3n) is 2.56. The van der Waals surface area contributed by atoms with Crippen molar-refractivity contribution >= 4 is 17.4 Å². The van der Waals surface area contributed by atoms with Crippen molar-refractivity contribution < 1.29 is 4.79 Å². The Morgan fingerprint density at radius 2 is 2.17 bits per heavy atom. The van der Waals surface area contributed by atoms with Crippen LogP contribution in [-0.4, -0.2) is 17.4 Å². The van der Waals surface area contributed by atoms with Gasteiger partial charge in [-0.15, -0.1) is 0 Å². The summed E-state index contributed by atoms with van der Waals surface area (Å²) in [5.41, 5.74) is 0.990. The molecule has 0 radical (unpaired) electrons. The number of aromatic nitrogens is 1. The Kier molecular flexibility index (Phi) is 6.19. The van der Waals surface area contributed by atoms with Gasteiger partial charge in [-0.05, 0) is 30.9 Å². The highest BCUT2D eigenvalue weighted by Gasteiger charge is 2.01. The molecule has 0 atom stereocenters. The number of carbonyl (C=O) groups is 1. The zero-order chi connectivity index (χ0) is 13.4. The number of carbonyl (C=O) groups excluding carboxylic acids is 1. The first-order valence-corrected chi connectivity index (χ1v) is 6.61. The quantitative estimate of drug-likeness (QED) is 0.779. The summed E-state index contributed by atoms with van der Waals surface area (Å²) in [6, 6.07) is 3.76. The molecule has 0 aromatic carbocycles. The SMILES string of the molecule is CCCC(=O)Nc1ccc(NCCC(C)C)cn1. The monoisotopic (exact) mass is 249 g/mol. The molecule has 0 fully saturated rings. The Labute approximate surface area is 109 Å². The second kappa shape index (κ2) is 7.69. The van der Waals surface area contributed by atoms with E-state index in [9.17, 15) is 4.79 Å². The van der Waals surface area contributed by atoms with Crippen molar-refractivity contribution in [2.45, 2.75) is 40.0 Å². The van der Waals surface area contributed by atoms with Crippen LogP contribution in [0, 0.1) is 5.92 Å². The van der Waals surface area contributed by atoms with Crippen molar-refractivity contribution in [2.75, 3.05) is 17.2 Å². The van der Waals surface area contributed by atoms with Gasteiger partial charge < -0.3 is 10.6 Å². The fraction of sp³-hybridized carbons (Fsp3) is 0.571. The lowest BCUT2D eigenvalue weighted by Crippen LogP contribution is -2.12. The van der Waals surface area contributed by atoms with Gasteiger partial charge in [0.05, 0.1) is 11.9 Å². The Bertz CT molecular complexity index is 360. The number of hydrogen-bond acceptors (Lipinski definition) is 3. The standard InChI is InChI=1S/C14H23N3O/c1-4-5-14(18)17-13-7-6-12(10-16-13)15-9-8-11(2)3/h6-7,10-11,15H,4-5,8-9H2,1-3H3,(H,16,17,18). The zero-order valence-corrected chi connectivity index (χ0v) is 11.5. The summed E-state index contributed by atoms with van der Waals surface area (Å²) in [6.45, 7) is 7.33. The Hall–Kier alpha value is -1.58. The predicted octanol–water partition coefficient (Wildman–Crippen LogP) is 3.28. The molecule has 0 spiro atoms. The van der Waals surface area contributed by atoms with Gasteiger partial charge in [-0.1, -0.05) is 20.8 Å². The lowest BCUT2D eigenvalue weighted by molar-refractivity contribution is -0.116. The number of hydrogen-bond donors (Lipinski definition) is 2. The molecule has 0 saturated heterocycles. The highest BCUT2D eigenvalue weighted by Crippen LogP contribution is 2.10. The van der Waals surface area contributed by atoms with Crippen molar-refractivity contribution in [2.24, 2.45) is 5.92 Å². The Morgan fingerprint density at radius 1 is 1.39 bits per heavy atom. The molecule has 100 valence electrons. The maximum atomic E-state index is 11.4. The zero-order valence-electron chi connectivity index (χ0n) is 11.5. The van der Waals surface area contributed by atoms with E-state index in [0.29, 0.717) is 18.2 Å². The van der Waals surface area contributed by atoms with Gasteiger partial charge in [0.25, 0.3) is 0 Å². The largest absolute Gasteiger partial charge is 0.384 e. The minimum atomic E-state index is 0.0190. The van der Waals surface area contributed by atoms with Crippen molar-refractivity contribution in [1.82, 2.24) is 4.98 Å². The van der Waals surface area contributed by atoms with Crippen molar-refractivity contribution in [3.8, 4) is 0 Å². The van der Waals surface area contributed by atoms with Crippen LogP contribution in [0.4, 0.5) is 11.5 Å². The smallest absolute Gasteiger partial charge is 0.225 e. The van der Waals surface area contributed by atoms with Gasteiger partial charge in [-0.25, -0.2) is 4.98 Å². The number of amides is 1. The molecule has 0 aliphatic heterocycles. The maximum absolute atomic E-state index is 11.4. The van der Waals surface area contributed by atoms with E-state index in [4.69, 9.17) is 0 Å². The van der Waals surface area contributed by atoms with Gasteiger partial charge >= 0.3 is 0 Å². The molecule has 2 N–H and O–H groups in total. The topological polar surface area (TPSA) is 54.0 Å². The van der Waals surface area contributed by atoms with Crippen LogP contribution in [0.25, 0.3) is 0 Å². The summed E-state index contributed by atoms with van der Waals surface area (Å²) in [4.78, 5) is 15.6. The first-order chi connectivity index (χ1) is 8.61. The van der Waals surface area contributed by atoms with E-state index in [1.807, 2.05) is 19.1 Å². The molecule has 0 aliphatic rings. The third-order valence-corrected chi connectivity index (χ3v) is 2.56. The van der Waals surface area contributed by atoms with E-state index >= 15 is 0 Å². The molecule has 1 aromatic heterocycles. The Balaban J connectivity index is 2.40. The van der Waals surface area contributed by atoms with Crippen LogP contribution < -0.4 is 10.6 Å². The van der Waals surface area contributed by atoms with Crippen LogP contribution in [0.15, 0.2) is 18.3 Å². The molecule has 4 nitrogen and oxygen atoms in total. The Morgan fingerprint density at radius 3 is 2.72 bits per heavy atom. The minimum Gasteiger partial charge on any atom is -0.384 e. The molecule has 0 bridgehead atoms. The van der Waals surface area contributed by atoms with Gasteiger partial charge in [-0.2, -0.15) is 0 Å². The minimum absolute atomic E-state index is 0.0190. The molecule has 0 saturated carbocycles. The summed E-state index contributed by atoms with van der Waals surface area (Å²) >= 11 is 0. The van der Waals surface area contributed by atoms with Crippen LogP contribution >= 0.6 is 0 Å². The van der Waals surface area contributed by atoms with Crippen molar-refractivity contribution in [3.63, 3.8) is 0 Å². The van der Waals surface area contributed by atoms with E-state index in [2.05, 4.69) is 29.5 Å². The summed E-state index contributed by atoms with van der Waals surface area (Å²) in [5.74, 6) is 1.33. The average molecular weight is 249 g/mol. The number of nitrogens with zero attached hydrogens (tertiary/aromatic N) is 1. The molecule has 1 aromatic rings. The van der Waals surface area contributed by atoms with Gasteiger partial charge in [-0.3, -0.25) is 4.79 Å². The summed E-state index contributed by atoms with van der Waals surface area (Å²) in [7, 11) is 0. The maximum Gasteiger partial charge on any atom is 0.225 e. The van der Waals surface area contributed by atoms with Gasteiger partial charge in [0.1, 0.15) is 5.82 Å². The molecule has 4 heteroatoms. The van der Waals surface area contributed by atoms with Crippen molar-refractivity contribution in [3.05, 3.63) is 18.3 Å². The van der Waals surface area contributed by atoms with Crippen LogP contribution in [0.3, 0.4) is 0 Å². The third kappa shape index (κ3) is 5.66. The van der Waals surface area contributed by atoms with Crippen LogP contribution in [-0.2, 0) is 4.79 Å². The number of rotatable bonds is 7. The van der Waals surface area contributed by atoms with E-state index in [1.54, 1.807) is 6.20 Å².